The number of aryl methyl sites for hydroxylation is 1. The predicted molar refractivity (Wildman–Crippen MR) is 102 cm³/mol. The summed E-state index contributed by atoms with van der Waals surface area (Å²) >= 11 is 0. The Morgan fingerprint density at radius 1 is 1.25 bits per heavy atom. The molecule has 0 radical (unpaired) electrons. The molecular weight excluding hydrogens is 359 g/mol. The minimum Gasteiger partial charge on any atom is -0.348 e. The van der Waals surface area contributed by atoms with Gasteiger partial charge in [0, 0.05) is 43.7 Å². The van der Waals surface area contributed by atoms with Crippen LogP contribution >= 0.6 is 0 Å². The summed E-state index contributed by atoms with van der Waals surface area (Å²) < 4.78 is 13.6. The number of hydrogen-bond acceptors (Lipinski definition) is 3. The number of nitrogens with zero attached hydrogens (tertiary/aromatic N) is 3. The summed E-state index contributed by atoms with van der Waals surface area (Å²) in [6, 6.07) is 4.31. The second kappa shape index (κ2) is 7.04. The van der Waals surface area contributed by atoms with Crippen molar-refractivity contribution in [2.75, 3.05) is 19.6 Å². The van der Waals surface area contributed by atoms with E-state index in [1.165, 1.54) is 12.1 Å². The number of piperidine rings is 1. The number of aromatic nitrogens is 2. The van der Waals surface area contributed by atoms with E-state index in [1.54, 1.807) is 17.3 Å². The highest BCUT2D eigenvalue weighted by atomic mass is 19.1. The molecule has 0 saturated carbocycles. The molecule has 148 valence electrons. The number of aromatic amines is 1. The van der Waals surface area contributed by atoms with E-state index in [0.717, 1.165) is 23.4 Å². The quantitative estimate of drug-likeness (QED) is 0.866. The van der Waals surface area contributed by atoms with Crippen molar-refractivity contribution in [1.82, 2.24) is 19.8 Å². The molecule has 2 aromatic rings. The van der Waals surface area contributed by atoms with Crippen molar-refractivity contribution in [3.8, 4) is 0 Å². The first-order chi connectivity index (χ1) is 13.5. The van der Waals surface area contributed by atoms with Crippen molar-refractivity contribution >= 4 is 11.8 Å². The number of halogens is 1. The van der Waals surface area contributed by atoms with Gasteiger partial charge in [-0.2, -0.15) is 0 Å². The SMILES string of the molecule is CCC(=O)N1CCc2[nH]cnc2C12CCN(C(=O)c1cc(F)ccc1C)CC2. The molecule has 1 N–H and O–H groups in total. The van der Waals surface area contributed by atoms with Gasteiger partial charge in [0.1, 0.15) is 5.82 Å². The largest absolute Gasteiger partial charge is 0.348 e. The van der Waals surface area contributed by atoms with Crippen molar-refractivity contribution in [2.45, 2.75) is 45.1 Å². The number of carbonyl (C=O) groups is 2. The van der Waals surface area contributed by atoms with Crippen LogP contribution in [0.4, 0.5) is 4.39 Å². The van der Waals surface area contributed by atoms with E-state index in [0.29, 0.717) is 44.5 Å². The summed E-state index contributed by atoms with van der Waals surface area (Å²) in [7, 11) is 0. The van der Waals surface area contributed by atoms with Gasteiger partial charge in [-0.05, 0) is 37.5 Å². The van der Waals surface area contributed by atoms with Gasteiger partial charge < -0.3 is 14.8 Å². The van der Waals surface area contributed by atoms with E-state index < -0.39 is 11.4 Å². The molecule has 3 heterocycles. The van der Waals surface area contributed by atoms with Gasteiger partial charge in [-0.3, -0.25) is 9.59 Å². The van der Waals surface area contributed by atoms with Crippen LogP contribution in [-0.4, -0.2) is 51.2 Å². The smallest absolute Gasteiger partial charge is 0.254 e. The highest BCUT2D eigenvalue weighted by Gasteiger charge is 2.48. The van der Waals surface area contributed by atoms with Crippen LogP contribution in [0.1, 0.15) is 53.5 Å². The monoisotopic (exact) mass is 384 g/mol. The summed E-state index contributed by atoms with van der Waals surface area (Å²) in [4.78, 5) is 37.1. The fraction of sp³-hybridized carbons (Fsp3) is 0.476. The summed E-state index contributed by atoms with van der Waals surface area (Å²) in [5.41, 5.74) is 2.73. The summed E-state index contributed by atoms with van der Waals surface area (Å²) in [6.45, 7) is 5.38. The van der Waals surface area contributed by atoms with Crippen molar-refractivity contribution in [3.63, 3.8) is 0 Å². The van der Waals surface area contributed by atoms with E-state index in [-0.39, 0.29) is 11.8 Å². The second-order valence-corrected chi connectivity index (χ2v) is 7.66. The Morgan fingerprint density at radius 3 is 2.71 bits per heavy atom. The summed E-state index contributed by atoms with van der Waals surface area (Å²) in [5.74, 6) is -0.441. The van der Waals surface area contributed by atoms with Crippen LogP contribution in [0.3, 0.4) is 0 Å². The standard InChI is InChI=1S/C21H25FN4O2/c1-3-18(27)26-9-6-17-19(24-13-23-17)21(26)7-10-25(11-8-21)20(28)16-12-15(22)5-4-14(16)2/h4-5,12-13H,3,6-11H2,1-2H3,(H,23,24). The Morgan fingerprint density at radius 2 is 2.00 bits per heavy atom. The van der Waals surface area contributed by atoms with Crippen LogP contribution in [-0.2, 0) is 16.8 Å². The fourth-order valence-electron chi connectivity index (χ4n) is 4.61. The van der Waals surface area contributed by atoms with Crippen LogP contribution < -0.4 is 0 Å². The summed E-state index contributed by atoms with van der Waals surface area (Å²) in [6.07, 6.45) is 4.19. The number of hydrogen-bond donors (Lipinski definition) is 1. The molecule has 7 heteroatoms. The predicted octanol–water partition coefficient (Wildman–Crippen LogP) is 2.78. The zero-order valence-corrected chi connectivity index (χ0v) is 16.3. The van der Waals surface area contributed by atoms with Gasteiger partial charge in [-0.1, -0.05) is 13.0 Å². The molecule has 1 fully saturated rings. The molecule has 6 nitrogen and oxygen atoms in total. The lowest BCUT2D eigenvalue weighted by molar-refractivity contribution is -0.141. The van der Waals surface area contributed by atoms with Crippen molar-refractivity contribution < 1.29 is 14.0 Å². The van der Waals surface area contributed by atoms with Crippen molar-refractivity contribution in [1.29, 1.82) is 0 Å². The number of imidazole rings is 1. The van der Waals surface area contributed by atoms with Crippen LogP contribution in [0.5, 0.6) is 0 Å². The Hall–Kier alpha value is -2.70. The lowest BCUT2D eigenvalue weighted by Gasteiger charge is -2.50. The molecule has 1 aromatic heterocycles. The highest BCUT2D eigenvalue weighted by Crippen LogP contribution is 2.42. The van der Waals surface area contributed by atoms with Crippen LogP contribution in [0, 0.1) is 12.7 Å². The Balaban J connectivity index is 1.60. The normalized spacial score (nSPS) is 18.2. The van der Waals surface area contributed by atoms with E-state index in [1.807, 2.05) is 18.7 Å². The molecule has 1 aromatic carbocycles. The third-order valence-electron chi connectivity index (χ3n) is 6.17. The molecule has 0 aliphatic carbocycles. The number of fused-ring (bicyclic) bond motifs is 2. The lowest BCUT2D eigenvalue weighted by Crippen LogP contribution is -2.58. The minimum atomic E-state index is -0.464. The molecule has 1 spiro atoms. The van der Waals surface area contributed by atoms with Gasteiger partial charge in [0.2, 0.25) is 5.91 Å². The zero-order valence-electron chi connectivity index (χ0n) is 16.3. The Labute approximate surface area is 163 Å². The van der Waals surface area contributed by atoms with E-state index >= 15 is 0 Å². The maximum absolute atomic E-state index is 13.6. The van der Waals surface area contributed by atoms with Gasteiger partial charge in [0.25, 0.3) is 5.91 Å². The first kappa shape index (κ1) is 18.7. The molecule has 1 saturated heterocycles. The Bertz CT molecular complexity index is 915. The number of nitrogens with one attached hydrogen (secondary N) is 1. The van der Waals surface area contributed by atoms with Crippen molar-refractivity contribution in [2.24, 2.45) is 0 Å². The fourth-order valence-corrected chi connectivity index (χ4v) is 4.61. The number of likely N-dealkylation sites (tertiary alicyclic amines) is 1. The molecule has 28 heavy (non-hydrogen) atoms. The average Bonchev–Trinajstić information content (AvgIpc) is 3.20. The maximum Gasteiger partial charge on any atom is 0.254 e. The van der Waals surface area contributed by atoms with Gasteiger partial charge in [-0.25, -0.2) is 9.37 Å². The van der Waals surface area contributed by atoms with Crippen LogP contribution in [0.2, 0.25) is 0 Å². The number of carbonyl (C=O) groups excluding carboxylic acids is 2. The third-order valence-corrected chi connectivity index (χ3v) is 6.17. The molecular formula is C21H25FN4O2. The van der Waals surface area contributed by atoms with Gasteiger partial charge in [0.05, 0.1) is 17.6 Å². The van der Waals surface area contributed by atoms with Crippen LogP contribution in [0.15, 0.2) is 24.5 Å². The second-order valence-electron chi connectivity index (χ2n) is 7.66. The Kier molecular flexibility index (Phi) is 4.69. The topological polar surface area (TPSA) is 69.3 Å². The van der Waals surface area contributed by atoms with Gasteiger partial charge >= 0.3 is 0 Å². The third kappa shape index (κ3) is 2.89. The van der Waals surface area contributed by atoms with E-state index in [2.05, 4.69) is 9.97 Å². The highest BCUT2D eigenvalue weighted by molar-refractivity contribution is 5.95. The van der Waals surface area contributed by atoms with Gasteiger partial charge in [-0.15, -0.1) is 0 Å². The molecule has 0 bridgehead atoms. The molecule has 2 aliphatic rings. The van der Waals surface area contributed by atoms with Gasteiger partial charge in [0.15, 0.2) is 0 Å². The zero-order chi connectivity index (χ0) is 19.9. The molecule has 0 atom stereocenters. The van der Waals surface area contributed by atoms with E-state index in [9.17, 15) is 14.0 Å². The van der Waals surface area contributed by atoms with Crippen molar-refractivity contribution in [3.05, 3.63) is 52.9 Å². The summed E-state index contributed by atoms with van der Waals surface area (Å²) in [5, 5.41) is 0. The number of rotatable bonds is 2. The molecule has 2 aliphatic heterocycles. The average molecular weight is 384 g/mol. The number of amides is 2. The maximum atomic E-state index is 13.6. The van der Waals surface area contributed by atoms with Crippen LogP contribution in [0.25, 0.3) is 0 Å². The first-order valence-electron chi connectivity index (χ1n) is 9.85. The molecule has 4 rings (SSSR count). The van der Waals surface area contributed by atoms with E-state index in [4.69, 9.17) is 0 Å². The lowest BCUT2D eigenvalue weighted by atomic mass is 9.78. The minimum absolute atomic E-state index is 0.120. The molecule has 0 unspecified atom stereocenters. The number of H-pyrrole nitrogens is 1. The first-order valence-corrected chi connectivity index (χ1v) is 9.85. The molecule has 2 amide bonds. The number of benzene rings is 1.